The summed E-state index contributed by atoms with van der Waals surface area (Å²) in [7, 11) is 3.95. The summed E-state index contributed by atoms with van der Waals surface area (Å²) in [4.78, 5) is 43.4. The molecule has 1 unspecified atom stereocenters. The first-order chi connectivity index (χ1) is 20.5. The second kappa shape index (κ2) is 12.7. The third kappa shape index (κ3) is 6.81. The number of para-hydroxylation sites is 1. The van der Waals surface area contributed by atoms with E-state index in [0.29, 0.717) is 42.7 Å². The van der Waals surface area contributed by atoms with Crippen LogP contribution in [0.5, 0.6) is 0 Å². The van der Waals surface area contributed by atoms with Gasteiger partial charge >= 0.3 is 0 Å². The Bertz CT molecular complexity index is 1600. The Morgan fingerprint density at radius 2 is 1.79 bits per heavy atom. The summed E-state index contributed by atoms with van der Waals surface area (Å²) in [5, 5.41) is 5.97. The van der Waals surface area contributed by atoms with Crippen molar-refractivity contribution in [2.45, 2.75) is 32.6 Å². The minimum absolute atomic E-state index is 0.0179. The minimum atomic E-state index is -0.498. The summed E-state index contributed by atoms with van der Waals surface area (Å²) in [6.45, 7) is 3.57. The monoisotopic (exact) mass is 602 g/mol. The van der Waals surface area contributed by atoms with E-state index < -0.39 is 11.7 Å². The number of hydrogen-bond donors (Lipinski definition) is 2. The number of carbonyl (C=O) groups is 3. The van der Waals surface area contributed by atoms with Crippen molar-refractivity contribution in [1.82, 2.24) is 10.2 Å². The zero-order chi connectivity index (χ0) is 30.7. The number of nitrogens with one attached hydrogen (secondary N) is 2. The fourth-order valence-electron chi connectivity index (χ4n) is 5.93. The average Bonchev–Trinajstić information content (AvgIpc) is 3.31. The molecule has 2 N–H and O–H groups in total. The molecule has 3 aromatic carbocycles. The Morgan fingerprint density at radius 1 is 1.00 bits per heavy atom. The molecule has 9 heteroatoms. The van der Waals surface area contributed by atoms with E-state index in [4.69, 9.17) is 11.6 Å². The van der Waals surface area contributed by atoms with Crippen LogP contribution in [0.25, 0.3) is 0 Å². The number of anilines is 2. The number of fused-ring (bicyclic) bond motifs is 1. The summed E-state index contributed by atoms with van der Waals surface area (Å²) in [5.41, 5.74) is 4.05. The highest BCUT2D eigenvalue weighted by molar-refractivity contribution is 6.35. The first-order valence-electron chi connectivity index (χ1n) is 14.5. The topological polar surface area (TPSA) is 81.8 Å². The molecular formula is C34H36ClFN4O3. The van der Waals surface area contributed by atoms with Crippen molar-refractivity contribution in [3.05, 3.63) is 105 Å². The highest BCUT2D eigenvalue weighted by atomic mass is 35.5. The molecule has 43 heavy (non-hydrogen) atoms. The van der Waals surface area contributed by atoms with Crippen LogP contribution in [0.2, 0.25) is 5.02 Å². The smallest absolute Gasteiger partial charge is 0.259 e. The van der Waals surface area contributed by atoms with Gasteiger partial charge in [-0.1, -0.05) is 41.9 Å². The lowest BCUT2D eigenvalue weighted by Gasteiger charge is -2.26. The van der Waals surface area contributed by atoms with Crippen molar-refractivity contribution in [2.75, 3.05) is 43.9 Å². The number of halogens is 2. The van der Waals surface area contributed by atoms with Crippen molar-refractivity contribution in [2.24, 2.45) is 5.41 Å². The van der Waals surface area contributed by atoms with Gasteiger partial charge in [-0.2, -0.15) is 0 Å². The van der Waals surface area contributed by atoms with Crippen LogP contribution in [-0.4, -0.2) is 56.4 Å². The molecule has 0 bridgehead atoms. The minimum Gasteiger partial charge on any atom is -0.351 e. The normalized spacial score (nSPS) is 17.8. The largest absolute Gasteiger partial charge is 0.351 e. The molecule has 1 aliphatic carbocycles. The third-order valence-electron chi connectivity index (χ3n) is 8.31. The van der Waals surface area contributed by atoms with Gasteiger partial charge in [0.1, 0.15) is 5.82 Å². The maximum atomic E-state index is 14.0. The molecule has 0 radical (unpaired) electrons. The van der Waals surface area contributed by atoms with Crippen LogP contribution in [0.15, 0.2) is 72.3 Å². The van der Waals surface area contributed by atoms with Crippen LogP contribution >= 0.6 is 11.6 Å². The molecule has 0 saturated carbocycles. The van der Waals surface area contributed by atoms with Crippen LogP contribution < -0.4 is 15.5 Å². The quantitative estimate of drug-likeness (QED) is 0.347. The van der Waals surface area contributed by atoms with E-state index in [1.165, 1.54) is 18.2 Å². The van der Waals surface area contributed by atoms with Crippen LogP contribution in [0, 0.1) is 18.2 Å². The Morgan fingerprint density at radius 3 is 2.56 bits per heavy atom. The summed E-state index contributed by atoms with van der Waals surface area (Å²) in [5.74, 6) is -1.22. The van der Waals surface area contributed by atoms with Crippen LogP contribution in [0.3, 0.4) is 0 Å². The van der Waals surface area contributed by atoms with Crippen molar-refractivity contribution in [1.29, 1.82) is 0 Å². The SMILES string of the molecule is Cc1ccc(F)cc1C(=O)Nc1ccc(C(=O)N2CCC3(C=C(C(=O)NCCN(C)C)CC3)Cc3ccccc32)c(Cl)c1. The van der Waals surface area contributed by atoms with Crippen LogP contribution in [0.4, 0.5) is 15.8 Å². The predicted octanol–water partition coefficient (Wildman–Crippen LogP) is 6.02. The maximum Gasteiger partial charge on any atom is 0.259 e. The van der Waals surface area contributed by atoms with Gasteiger partial charge in [0, 0.05) is 42.1 Å². The van der Waals surface area contributed by atoms with Gasteiger partial charge in [0.15, 0.2) is 0 Å². The van der Waals surface area contributed by atoms with Gasteiger partial charge in [-0.25, -0.2) is 4.39 Å². The molecule has 224 valence electrons. The van der Waals surface area contributed by atoms with E-state index in [2.05, 4.69) is 16.7 Å². The van der Waals surface area contributed by atoms with Crippen molar-refractivity contribution >= 4 is 40.7 Å². The van der Waals surface area contributed by atoms with E-state index in [9.17, 15) is 18.8 Å². The van der Waals surface area contributed by atoms with Gasteiger partial charge in [0.05, 0.1) is 10.6 Å². The zero-order valence-corrected chi connectivity index (χ0v) is 25.4. The number of carbonyl (C=O) groups excluding carboxylic acids is 3. The number of likely N-dealkylation sites (N-methyl/N-ethyl adjacent to an activating group) is 1. The van der Waals surface area contributed by atoms with E-state index in [1.807, 2.05) is 43.3 Å². The molecule has 1 aliphatic heterocycles. The number of rotatable bonds is 7. The Labute approximate surface area is 256 Å². The molecule has 1 spiro atoms. The molecule has 1 heterocycles. The first kappa shape index (κ1) is 30.4. The fourth-order valence-corrected chi connectivity index (χ4v) is 6.19. The second-order valence-corrected chi connectivity index (χ2v) is 12.1. The summed E-state index contributed by atoms with van der Waals surface area (Å²) in [6, 6.07) is 16.7. The lowest BCUT2D eigenvalue weighted by molar-refractivity contribution is -0.117. The number of nitrogens with zero attached hydrogens (tertiary/aromatic N) is 2. The third-order valence-corrected chi connectivity index (χ3v) is 8.63. The number of hydrogen-bond acceptors (Lipinski definition) is 4. The highest BCUT2D eigenvalue weighted by Gasteiger charge is 2.39. The van der Waals surface area contributed by atoms with Gasteiger partial charge in [-0.3, -0.25) is 14.4 Å². The van der Waals surface area contributed by atoms with E-state index in [0.717, 1.165) is 36.2 Å². The molecular weight excluding hydrogens is 567 g/mol. The predicted molar refractivity (Wildman–Crippen MR) is 168 cm³/mol. The molecule has 7 nitrogen and oxygen atoms in total. The van der Waals surface area contributed by atoms with Gasteiger partial charge < -0.3 is 20.4 Å². The van der Waals surface area contributed by atoms with Gasteiger partial charge in [0.25, 0.3) is 11.8 Å². The Balaban J connectivity index is 1.34. The molecule has 5 rings (SSSR count). The Kier molecular flexibility index (Phi) is 8.99. The number of aryl methyl sites for hydroxylation is 1. The zero-order valence-electron chi connectivity index (χ0n) is 24.7. The van der Waals surface area contributed by atoms with Gasteiger partial charge in [-0.05, 0) is 99.6 Å². The number of benzene rings is 3. The molecule has 0 aromatic heterocycles. The summed E-state index contributed by atoms with van der Waals surface area (Å²) in [6.07, 6.45) is 5.13. The molecule has 1 atom stereocenters. The van der Waals surface area contributed by atoms with Gasteiger partial charge in [0.2, 0.25) is 5.91 Å². The van der Waals surface area contributed by atoms with Crippen molar-refractivity contribution in [3.63, 3.8) is 0 Å². The Hall–Kier alpha value is -4.01. The first-order valence-corrected chi connectivity index (χ1v) is 14.8. The number of allylic oxidation sites excluding steroid dienone is 1. The van der Waals surface area contributed by atoms with Crippen LogP contribution in [-0.2, 0) is 11.2 Å². The fraction of sp³-hybridized carbons (Fsp3) is 0.324. The second-order valence-electron chi connectivity index (χ2n) is 11.7. The highest BCUT2D eigenvalue weighted by Crippen LogP contribution is 2.46. The lowest BCUT2D eigenvalue weighted by Crippen LogP contribution is -2.33. The van der Waals surface area contributed by atoms with Crippen LogP contribution in [0.1, 0.15) is 51.1 Å². The lowest BCUT2D eigenvalue weighted by atomic mass is 9.79. The van der Waals surface area contributed by atoms with Gasteiger partial charge in [-0.15, -0.1) is 0 Å². The summed E-state index contributed by atoms with van der Waals surface area (Å²) < 4.78 is 13.7. The van der Waals surface area contributed by atoms with Crippen molar-refractivity contribution < 1.29 is 18.8 Å². The van der Waals surface area contributed by atoms with E-state index in [1.54, 1.807) is 30.0 Å². The maximum absolute atomic E-state index is 14.0. The van der Waals surface area contributed by atoms with Crippen molar-refractivity contribution in [3.8, 4) is 0 Å². The summed E-state index contributed by atoms with van der Waals surface area (Å²) >= 11 is 6.62. The molecule has 2 aliphatic rings. The van der Waals surface area contributed by atoms with E-state index >= 15 is 0 Å². The number of amides is 3. The average molecular weight is 603 g/mol. The molecule has 3 aromatic rings. The standard InChI is InChI=1S/C34H36ClFN4O3/c1-22-8-9-25(36)18-28(22)32(42)38-26-10-11-27(29(35)19-26)33(43)40-16-14-34(20-23-6-4-5-7-30(23)40)13-12-24(21-34)31(41)37-15-17-39(2)3/h4-11,18-19,21H,12-17,20H2,1-3H3,(H,37,41)(H,38,42). The molecule has 0 saturated heterocycles. The van der Waals surface area contributed by atoms with E-state index in [-0.39, 0.29) is 27.8 Å². The molecule has 0 fully saturated rings. The molecule has 3 amide bonds.